The molecule has 0 aromatic rings. The molecule has 1 atom stereocenters. The van der Waals surface area contributed by atoms with Crippen LogP contribution < -0.4 is 5.32 Å². The lowest BCUT2D eigenvalue weighted by Gasteiger charge is -2.15. The fourth-order valence-electron chi connectivity index (χ4n) is 1.16. The highest BCUT2D eigenvalue weighted by Crippen LogP contribution is 2.15. The lowest BCUT2D eigenvalue weighted by atomic mass is 9.95. The highest BCUT2D eigenvalue weighted by atomic mass is 16.5. The van der Waals surface area contributed by atoms with E-state index in [0.717, 1.165) is 0 Å². The molecule has 0 aromatic heterocycles. The van der Waals surface area contributed by atoms with E-state index >= 15 is 0 Å². The van der Waals surface area contributed by atoms with E-state index in [0.29, 0.717) is 6.42 Å². The van der Waals surface area contributed by atoms with Crippen molar-refractivity contribution in [1.82, 2.24) is 5.32 Å². The zero-order valence-electron chi connectivity index (χ0n) is 10.7. The number of rotatable bonds is 4. The minimum absolute atomic E-state index is 0.0664. The third kappa shape index (κ3) is 7.04. The Balaban J connectivity index is 4.38. The highest BCUT2D eigenvalue weighted by molar-refractivity contribution is 5.83. The van der Waals surface area contributed by atoms with Crippen LogP contribution in [0.5, 0.6) is 0 Å². The van der Waals surface area contributed by atoms with Crippen molar-refractivity contribution < 1.29 is 14.3 Å². The van der Waals surface area contributed by atoms with Crippen LogP contribution in [0.4, 0.5) is 0 Å². The van der Waals surface area contributed by atoms with E-state index in [1.165, 1.54) is 14.0 Å². The first-order valence-corrected chi connectivity index (χ1v) is 5.29. The van der Waals surface area contributed by atoms with E-state index in [1.54, 1.807) is 0 Å². The van der Waals surface area contributed by atoms with Gasteiger partial charge in [-0.1, -0.05) is 32.9 Å². The van der Waals surface area contributed by atoms with Gasteiger partial charge in [-0.05, 0) is 11.8 Å². The monoisotopic (exact) mass is 227 g/mol. The average Bonchev–Trinajstić information content (AvgIpc) is 2.12. The van der Waals surface area contributed by atoms with Crippen molar-refractivity contribution in [3.63, 3.8) is 0 Å². The second kappa shape index (κ2) is 6.30. The normalized spacial score (nSPS) is 13.6. The molecule has 4 nitrogen and oxygen atoms in total. The molecule has 0 saturated carbocycles. The topological polar surface area (TPSA) is 55.4 Å². The molecule has 0 aliphatic carbocycles. The van der Waals surface area contributed by atoms with E-state index < -0.39 is 12.0 Å². The van der Waals surface area contributed by atoms with Crippen LogP contribution in [0.15, 0.2) is 12.2 Å². The van der Waals surface area contributed by atoms with Crippen LogP contribution in [-0.4, -0.2) is 25.0 Å². The molecule has 0 radical (unpaired) electrons. The predicted octanol–water partition coefficient (Wildman–Crippen LogP) is 1.66. The summed E-state index contributed by atoms with van der Waals surface area (Å²) in [5.41, 5.74) is 0.0664. The lowest BCUT2D eigenvalue weighted by Crippen LogP contribution is -2.40. The minimum Gasteiger partial charge on any atom is -0.467 e. The molecule has 0 bridgehead atoms. The first-order chi connectivity index (χ1) is 7.26. The molecule has 0 fully saturated rings. The number of esters is 1. The Morgan fingerprint density at radius 1 is 1.38 bits per heavy atom. The summed E-state index contributed by atoms with van der Waals surface area (Å²) >= 11 is 0. The summed E-state index contributed by atoms with van der Waals surface area (Å²) in [4.78, 5) is 22.2. The van der Waals surface area contributed by atoms with Crippen LogP contribution >= 0.6 is 0 Å². The number of allylic oxidation sites excluding steroid dienone is 1. The van der Waals surface area contributed by atoms with Gasteiger partial charge in [-0.2, -0.15) is 0 Å². The van der Waals surface area contributed by atoms with Gasteiger partial charge in [0.05, 0.1) is 7.11 Å². The molecule has 0 aromatic carbocycles. The van der Waals surface area contributed by atoms with Gasteiger partial charge in [-0.3, -0.25) is 4.79 Å². The van der Waals surface area contributed by atoms with Crippen molar-refractivity contribution in [3.8, 4) is 0 Å². The fourth-order valence-corrected chi connectivity index (χ4v) is 1.16. The molecule has 0 rings (SSSR count). The fraction of sp³-hybridized carbons (Fsp3) is 0.667. The van der Waals surface area contributed by atoms with Gasteiger partial charge in [-0.25, -0.2) is 4.79 Å². The zero-order valence-corrected chi connectivity index (χ0v) is 10.7. The van der Waals surface area contributed by atoms with Gasteiger partial charge in [0.25, 0.3) is 0 Å². The number of hydrogen-bond acceptors (Lipinski definition) is 3. The standard InChI is InChI=1S/C12H21NO3/c1-9(14)13-10(11(15)16-5)7-6-8-12(2,3)4/h6,8,10H,7H2,1-5H3,(H,13,14)/b8-6+/t10-/m0/s1. The van der Waals surface area contributed by atoms with E-state index in [4.69, 9.17) is 0 Å². The third-order valence-corrected chi connectivity index (χ3v) is 1.85. The summed E-state index contributed by atoms with van der Waals surface area (Å²) in [5.74, 6) is -0.659. The van der Waals surface area contributed by atoms with Gasteiger partial charge in [0.2, 0.25) is 5.91 Å². The highest BCUT2D eigenvalue weighted by Gasteiger charge is 2.18. The molecular formula is C12H21NO3. The van der Waals surface area contributed by atoms with Crippen LogP contribution in [0.3, 0.4) is 0 Å². The SMILES string of the molecule is COC(=O)[C@H](C/C=C/C(C)(C)C)NC(C)=O. The maximum absolute atomic E-state index is 11.3. The molecule has 4 heteroatoms. The van der Waals surface area contributed by atoms with Crippen LogP contribution in [0.2, 0.25) is 0 Å². The maximum Gasteiger partial charge on any atom is 0.328 e. The van der Waals surface area contributed by atoms with Crippen LogP contribution in [0.1, 0.15) is 34.1 Å². The van der Waals surface area contributed by atoms with Crippen molar-refractivity contribution in [3.05, 3.63) is 12.2 Å². The summed E-state index contributed by atoms with van der Waals surface area (Å²) in [5, 5.41) is 2.55. The first kappa shape index (κ1) is 14.7. The third-order valence-electron chi connectivity index (χ3n) is 1.85. The number of amides is 1. The number of ether oxygens (including phenoxy) is 1. The first-order valence-electron chi connectivity index (χ1n) is 5.29. The van der Waals surface area contributed by atoms with Crippen LogP contribution in [0.25, 0.3) is 0 Å². The Morgan fingerprint density at radius 2 is 1.94 bits per heavy atom. The molecule has 0 unspecified atom stereocenters. The molecule has 92 valence electrons. The summed E-state index contributed by atoms with van der Waals surface area (Å²) in [6, 6.07) is -0.596. The molecular weight excluding hydrogens is 206 g/mol. The predicted molar refractivity (Wildman–Crippen MR) is 62.8 cm³/mol. The van der Waals surface area contributed by atoms with Crippen LogP contribution in [0, 0.1) is 5.41 Å². The Kier molecular flexibility index (Phi) is 5.78. The van der Waals surface area contributed by atoms with Gasteiger partial charge in [0, 0.05) is 6.92 Å². The summed E-state index contributed by atoms with van der Waals surface area (Å²) < 4.78 is 4.61. The van der Waals surface area contributed by atoms with Gasteiger partial charge in [0.15, 0.2) is 0 Å². The van der Waals surface area contributed by atoms with Gasteiger partial charge in [0.1, 0.15) is 6.04 Å². The largest absolute Gasteiger partial charge is 0.467 e. The van der Waals surface area contributed by atoms with Crippen molar-refractivity contribution in [2.24, 2.45) is 5.41 Å². The summed E-state index contributed by atoms with van der Waals surface area (Å²) in [6.45, 7) is 7.57. The molecule has 1 N–H and O–H groups in total. The van der Waals surface area contributed by atoms with Gasteiger partial charge in [-0.15, -0.1) is 0 Å². The second-order valence-corrected chi connectivity index (χ2v) is 4.78. The number of nitrogens with one attached hydrogen (secondary N) is 1. The van der Waals surface area contributed by atoms with Crippen molar-refractivity contribution in [1.29, 1.82) is 0 Å². The zero-order chi connectivity index (χ0) is 12.8. The molecule has 1 amide bonds. The van der Waals surface area contributed by atoms with E-state index in [2.05, 4.69) is 30.8 Å². The quantitative estimate of drug-likeness (QED) is 0.587. The van der Waals surface area contributed by atoms with Crippen molar-refractivity contribution in [2.45, 2.75) is 40.2 Å². The number of carbonyl (C=O) groups excluding carboxylic acids is 2. The summed E-state index contributed by atoms with van der Waals surface area (Å²) in [6.07, 6.45) is 4.34. The Bertz CT molecular complexity index is 276. The van der Waals surface area contributed by atoms with Crippen molar-refractivity contribution >= 4 is 11.9 Å². The molecule has 0 aliphatic rings. The minimum atomic E-state index is -0.596. The number of hydrogen-bond donors (Lipinski definition) is 1. The maximum atomic E-state index is 11.3. The smallest absolute Gasteiger partial charge is 0.328 e. The average molecular weight is 227 g/mol. The molecule has 0 heterocycles. The van der Waals surface area contributed by atoms with Crippen LogP contribution in [-0.2, 0) is 14.3 Å². The number of carbonyl (C=O) groups is 2. The summed E-state index contributed by atoms with van der Waals surface area (Å²) in [7, 11) is 1.31. The molecule has 0 aliphatic heterocycles. The Morgan fingerprint density at radius 3 is 2.31 bits per heavy atom. The molecule has 0 saturated heterocycles. The van der Waals surface area contributed by atoms with Gasteiger partial charge >= 0.3 is 5.97 Å². The van der Waals surface area contributed by atoms with Crippen molar-refractivity contribution in [2.75, 3.05) is 7.11 Å². The van der Waals surface area contributed by atoms with E-state index in [1.807, 2.05) is 12.2 Å². The van der Waals surface area contributed by atoms with E-state index in [9.17, 15) is 9.59 Å². The second-order valence-electron chi connectivity index (χ2n) is 4.78. The Labute approximate surface area is 97.1 Å². The lowest BCUT2D eigenvalue weighted by molar-refractivity contribution is -0.144. The van der Waals surface area contributed by atoms with Gasteiger partial charge < -0.3 is 10.1 Å². The van der Waals surface area contributed by atoms with E-state index in [-0.39, 0.29) is 11.3 Å². The number of methoxy groups -OCH3 is 1. The molecule has 0 spiro atoms. The Hall–Kier alpha value is -1.32. The molecule has 16 heavy (non-hydrogen) atoms.